The first-order valence-electron chi connectivity index (χ1n) is 8.63. The van der Waals surface area contributed by atoms with Crippen molar-refractivity contribution in [1.29, 1.82) is 0 Å². The van der Waals surface area contributed by atoms with E-state index in [0.29, 0.717) is 28.6 Å². The average Bonchev–Trinajstić information content (AvgIpc) is 3.22. The zero-order valence-electron chi connectivity index (χ0n) is 14.0. The summed E-state index contributed by atoms with van der Waals surface area (Å²) in [7, 11) is 0. The number of nitrogens with one attached hydrogen (secondary N) is 1. The SMILES string of the molecule is CCc1nn(C2CCCC2)c2nc(-c3cccc(C)n3)[nH]c(=O)c12. The minimum absolute atomic E-state index is 0.126. The number of aromatic nitrogens is 5. The van der Waals surface area contributed by atoms with Crippen molar-refractivity contribution in [3.8, 4) is 11.5 Å². The molecule has 0 unspecified atom stereocenters. The molecule has 1 N–H and O–H groups in total. The number of H-pyrrole nitrogens is 1. The molecule has 0 atom stereocenters. The molecule has 0 saturated heterocycles. The Morgan fingerprint density at radius 2 is 2.04 bits per heavy atom. The van der Waals surface area contributed by atoms with E-state index in [1.54, 1.807) is 0 Å². The monoisotopic (exact) mass is 323 g/mol. The first-order valence-corrected chi connectivity index (χ1v) is 8.63. The van der Waals surface area contributed by atoms with Crippen molar-refractivity contribution in [2.24, 2.45) is 0 Å². The molecule has 3 aromatic rings. The Morgan fingerprint density at radius 3 is 2.75 bits per heavy atom. The van der Waals surface area contributed by atoms with Crippen molar-refractivity contribution in [3.63, 3.8) is 0 Å². The summed E-state index contributed by atoms with van der Waals surface area (Å²) >= 11 is 0. The summed E-state index contributed by atoms with van der Waals surface area (Å²) in [5, 5.41) is 5.34. The van der Waals surface area contributed by atoms with Crippen LogP contribution in [0.3, 0.4) is 0 Å². The van der Waals surface area contributed by atoms with Gasteiger partial charge < -0.3 is 4.98 Å². The van der Waals surface area contributed by atoms with Crippen LogP contribution in [0.15, 0.2) is 23.0 Å². The second-order valence-corrected chi connectivity index (χ2v) is 6.46. The van der Waals surface area contributed by atoms with Crippen LogP contribution in [0.25, 0.3) is 22.6 Å². The Morgan fingerprint density at radius 1 is 1.25 bits per heavy atom. The highest BCUT2D eigenvalue weighted by atomic mass is 16.1. The van der Waals surface area contributed by atoms with Crippen LogP contribution in [-0.2, 0) is 6.42 Å². The molecule has 6 nitrogen and oxygen atoms in total. The number of aryl methyl sites for hydroxylation is 2. The second-order valence-electron chi connectivity index (χ2n) is 6.46. The molecule has 4 rings (SSSR count). The first-order chi connectivity index (χ1) is 11.7. The van der Waals surface area contributed by atoms with Crippen molar-refractivity contribution < 1.29 is 0 Å². The number of hydrogen-bond donors (Lipinski definition) is 1. The van der Waals surface area contributed by atoms with Crippen molar-refractivity contribution >= 4 is 11.0 Å². The fraction of sp³-hybridized carbons (Fsp3) is 0.444. The summed E-state index contributed by atoms with van der Waals surface area (Å²) in [4.78, 5) is 24.8. The molecule has 3 heterocycles. The second kappa shape index (κ2) is 5.85. The molecule has 1 saturated carbocycles. The average molecular weight is 323 g/mol. The molecule has 24 heavy (non-hydrogen) atoms. The third kappa shape index (κ3) is 2.42. The topological polar surface area (TPSA) is 76.5 Å². The zero-order chi connectivity index (χ0) is 16.7. The lowest BCUT2D eigenvalue weighted by Crippen LogP contribution is -2.13. The zero-order valence-corrected chi connectivity index (χ0v) is 14.0. The van der Waals surface area contributed by atoms with Crippen LogP contribution in [-0.4, -0.2) is 24.7 Å². The van der Waals surface area contributed by atoms with E-state index in [1.165, 1.54) is 12.8 Å². The van der Waals surface area contributed by atoms with Gasteiger partial charge in [-0.05, 0) is 38.3 Å². The van der Waals surface area contributed by atoms with Crippen molar-refractivity contribution in [1.82, 2.24) is 24.7 Å². The number of nitrogens with zero attached hydrogens (tertiary/aromatic N) is 4. The molecule has 1 fully saturated rings. The van der Waals surface area contributed by atoms with Gasteiger partial charge in [0.25, 0.3) is 5.56 Å². The maximum Gasteiger partial charge on any atom is 0.262 e. The van der Waals surface area contributed by atoms with E-state index in [0.717, 1.165) is 30.7 Å². The Bertz CT molecular complexity index is 950. The van der Waals surface area contributed by atoms with E-state index in [-0.39, 0.29) is 5.56 Å². The quantitative estimate of drug-likeness (QED) is 0.803. The smallest absolute Gasteiger partial charge is 0.262 e. The highest BCUT2D eigenvalue weighted by molar-refractivity contribution is 5.79. The van der Waals surface area contributed by atoms with E-state index in [4.69, 9.17) is 10.1 Å². The van der Waals surface area contributed by atoms with Gasteiger partial charge in [-0.1, -0.05) is 25.8 Å². The molecule has 124 valence electrons. The number of fused-ring (bicyclic) bond motifs is 1. The van der Waals surface area contributed by atoms with Gasteiger partial charge >= 0.3 is 0 Å². The summed E-state index contributed by atoms with van der Waals surface area (Å²) in [5.41, 5.74) is 2.98. The van der Waals surface area contributed by atoms with E-state index < -0.39 is 0 Å². The summed E-state index contributed by atoms with van der Waals surface area (Å²) in [6.07, 6.45) is 5.35. The molecule has 0 aliphatic heterocycles. The van der Waals surface area contributed by atoms with Gasteiger partial charge in [0, 0.05) is 5.69 Å². The Labute approximate surface area is 140 Å². The fourth-order valence-corrected chi connectivity index (χ4v) is 3.56. The van der Waals surface area contributed by atoms with Gasteiger partial charge in [0.15, 0.2) is 11.5 Å². The lowest BCUT2D eigenvalue weighted by atomic mass is 10.2. The molecule has 0 spiro atoms. The standard InChI is InChI=1S/C18H21N5O/c1-3-13-15-17(23(22-13)12-8-4-5-9-12)20-16(21-18(15)24)14-10-6-7-11(2)19-14/h6-7,10,12H,3-5,8-9H2,1-2H3,(H,20,21,24). The molecule has 0 aromatic carbocycles. The third-order valence-corrected chi connectivity index (χ3v) is 4.77. The Hall–Kier alpha value is -2.50. The molecule has 3 aromatic heterocycles. The molecular formula is C18H21N5O. The highest BCUT2D eigenvalue weighted by Gasteiger charge is 2.24. The van der Waals surface area contributed by atoms with Gasteiger partial charge in [-0.2, -0.15) is 5.10 Å². The Balaban J connectivity index is 1.95. The van der Waals surface area contributed by atoms with Crippen LogP contribution >= 0.6 is 0 Å². The lowest BCUT2D eigenvalue weighted by Gasteiger charge is -2.10. The van der Waals surface area contributed by atoms with E-state index >= 15 is 0 Å². The Kier molecular flexibility index (Phi) is 3.67. The number of rotatable bonds is 3. The van der Waals surface area contributed by atoms with Crippen LogP contribution in [0.2, 0.25) is 0 Å². The van der Waals surface area contributed by atoms with E-state index in [9.17, 15) is 4.79 Å². The van der Waals surface area contributed by atoms with Crippen LogP contribution in [0.4, 0.5) is 0 Å². The predicted octanol–water partition coefficient (Wildman–Crippen LogP) is 3.17. The molecule has 0 radical (unpaired) electrons. The third-order valence-electron chi connectivity index (χ3n) is 4.77. The van der Waals surface area contributed by atoms with Crippen molar-refractivity contribution in [2.75, 3.05) is 0 Å². The largest absolute Gasteiger partial charge is 0.304 e. The molecular weight excluding hydrogens is 302 g/mol. The van der Waals surface area contributed by atoms with Crippen molar-refractivity contribution in [2.45, 2.75) is 52.0 Å². The minimum Gasteiger partial charge on any atom is -0.304 e. The normalized spacial score (nSPS) is 15.4. The van der Waals surface area contributed by atoms with Gasteiger partial charge in [0.05, 0.1) is 11.7 Å². The molecule has 1 aliphatic carbocycles. The highest BCUT2D eigenvalue weighted by Crippen LogP contribution is 2.31. The van der Waals surface area contributed by atoms with E-state index in [2.05, 4.69) is 9.97 Å². The predicted molar refractivity (Wildman–Crippen MR) is 93.0 cm³/mol. The van der Waals surface area contributed by atoms with Crippen LogP contribution < -0.4 is 5.56 Å². The van der Waals surface area contributed by atoms with Crippen molar-refractivity contribution in [3.05, 3.63) is 39.9 Å². The van der Waals surface area contributed by atoms with Gasteiger partial charge in [-0.3, -0.25) is 4.79 Å². The molecule has 6 heteroatoms. The molecule has 0 bridgehead atoms. The van der Waals surface area contributed by atoms with Crippen LogP contribution in [0.1, 0.15) is 50.0 Å². The van der Waals surface area contributed by atoms with Crippen LogP contribution in [0, 0.1) is 6.92 Å². The van der Waals surface area contributed by atoms with Gasteiger partial charge in [-0.15, -0.1) is 0 Å². The maximum absolute atomic E-state index is 12.7. The number of pyridine rings is 1. The minimum atomic E-state index is -0.126. The summed E-state index contributed by atoms with van der Waals surface area (Å²) in [6, 6.07) is 6.07. The molecule has 0 amide bonds. The number of hydrogen-bond acceptors (Lipinski definition) is 4. The lowest BCUT2D eigenvalue weighted by molar-refractivity contribution is 0.474. The van der Waals surface area contributed by atoms with Gasteiger partial charge in [0.1, 0.15) is 11.1 Å². The van der Waals surface area contributed by atoms with Gasteiger partial charge in [-0.25, -0.2) is 14.6 Å². The van der Waals surface area contributed by atoms with E-state index in [1.807, 2.05) is 36.7 Å². The summed E-state index contributed by atoms with van der Waals surface area (Å²) in [6.45, 7) is 3.95. The van der Waals surface area contributed by atoms with Crippen LogP contribution in [0.5, 0.6) is 0 Å². The molecule has 1 aliphatic rings. The summed E-state index contributed by atoms with van der Waals surface area (Å²) < 4.78 is 1.98. The first kappa shape index (κ1) is 15.1. The summed E-state index contributed by atoms with van der Waals surface area (Å²) in [5.74, 6) is 0.512. The fourth-order valence-electron chi connectivity index (χ4n) is 3.56. The number of aromatic amines is 1. The van der Waals surface area contributed by atoms with Gasteiger partial charge in [0.2, 0.25) is 0 Å². The maximum atomic E-state index is 12.7.